The monoisotopic (exact) mass is 385 g/mol. The predicted octanol–water partition coefficient (Wildman–Crippen LogP) is 2.74. The van der Waals surface area contributed by atoms with Gasteiger partial charge in [-0.3, -0.25) is 9.69 Å². The maximum absolute atomic E-state index is 12.3. The van der Waals surface area contributed by atoms with Crippen LogP contribution >= 0.6 is 11.3 Å². The van der Waals surface area contributed by atoms with Crippen molar-refractivity contribution < 1.29 is 14.3 Å². The van der Waals surface area contributed by atoms with Crippen LogP contribution in [-0.2, 0) is 11.2 Å². The zero-order valence-electron chi connectivity index (χ0n) is 15.5. The summed E-state index contributed by atoms with van der Waals surface area (Å²) in [6.45, 7) is 1.45. The molecule has 1 aromatic heterocycles. The van der Waals surface area contributed by atoms with Crippen LogP contribution in [0.25, 0.3) is 0 Å². The first kappa shape index (κ1) is 19.2. The van der Waals surface area contributed by atoms with Crippen LogP contribution in [0, 0.1) is 11.3 Å². The van der Waals surface area contributed by atoms with Gasteiger partial charge in [0.15, 0.2) is 11.5 Å². The second-order valence-corrected chi connectivity index (χ2v) is 7.28. The Balaban J connectivity index is 1.91. The molecule has 0 unspecified atom stereocenters. The Morgan fingerprint density at radius 1 is 1.37 bits per heavy atom. The molecule has 3 rings (SSSR count). The van der Waals surface area contributed by atoms with Crippen molar-refractivity contribution in [1.29, 1.82) is 5.26 Å². The lowest BCUT2D eigenvalue weighted by atomic mass is 9.91. The average molecular weight is 385 g/mol. The van der Waals surface area contributed by atoms with E-state index in [1.165, 1.54) is 10.4 Å². The highest BCUT2D eigenvalue weighted by Crippen LogP contribution is 2.41. The topological polar surface area (TPSA) is 74.6 Å². The molecule has 0 bridgehead atoms. The largest absolute Gasteiger partial charge is 0.493 e. The summed E-state index contributed by atoms with van der Waals surface area (Å²) in [5.41, 5.74) is 2.36. The molecule has 7 heteroatoms. The number of fused-ring (bicyclic) bond motifs is 1. The van der Waals surface area contributed by atoms with Crippen LogP contribution in [0.1, 0.15) is 28.5 Å². The maximum atomic E-state index is 12.3. The van der Waals surface area contributed by atoms with Gasteiger partial charge in [0, 0.05) is 18.0 Å². The van der Waals surface area contributed by atoms with E-state index in [-0.39, 0.29) is 11.9 Å². The lowest BCUT2D eigenvalue weighted by Crippen LogP contribution is -2.43. The minimum Gasteiger partial charge on any atom is -0.493 e. The third-order valence-corrected chi connectivity index (χ3v) is 5.62. The number of methoxy groups -OCH3 is 2. The Hall–Kier alpha value is -2.56. The molecule has 0 radical (unpaired) electrons. The molecule has 0 fully saturated rings. The minimum absolute atomic E-state index is 0.00438. The number of nitrogens with one attached hydrogen (secondary N) is 1. The second-order valence-electron chi connectivity index (χ2n) is 6.30. The smallest absolute Gasteiger partial charge is 0.234 e. The van der Waals surface area contributed by atoms with E-state index < -0.39 is 0 Å². The Labute approximate surface area is 163 Å². The third-order valence-electron chi connectivity index (χ3n) is 4.69. The molecule has 0 aliphatic carbocycles. The second kappa shape index (κ2) is 8.89. The summed E-state index contributed by atoms with van der Waals surface area (Å²) in [5, 5.41) is 13.5. The summed E-state index contributed by atoms with van der Waals surface area (Å²) >= 11 is 1.68. The third kappa shape index (κ3) is 4.24. The lowest BCUT2D eigenvalue weighted by molar-refractivity contribution is -0.122. The van der Waals surface area contributed by atoms with Crippen molar-refractivity contribution in [2.24, 2.45) is 0 Å². The van der Waals surface area contributed by atoms with Gasteiger partial charge in [0.2, 0.25) is 5.91 Å². The zero-order chi connectivity index (χ0) is 19.2. The number of carbonyl (C=O) groups excluding carboxylic acids is 1. The van der Waals surface area contributed by atoms with Gasteiger partial charge in [-0.05, 0) is 41.1 Å². The molecule has 0 saturated carbocycles. The van der Waals surface area contributed by atoms with E-state index in [2.05, 4.69) is 21.7 Å². The van der Waals surface area contributed by atoms with Crippen LogP contribution in [0.3, 0.4) is 0 Å². The van der Waals surface area contributed by atoms with E-state index >= 15 is 0 Å². The molecule has 1 aromatic carbocycles. The SMILES string of the molecule is COc1cc2c(cc1OC)[C@H](c1cccs1)N(CC(=O)NCCC#N)CC2. The molecular formula is C20H23N3O3S. The van der Waals surface area contributed by atoms with Gasteiger partial charge in [-0.1, -0.05) is 6.07 Å². The molecule has 142 valence electrons. The lowest BCUT2D eigenvalue weighted by Gasteiger charge is -2.37. The van der Waals surface area contributed by atoms with Crippen molar-refractivity contribution in [2.45, 2.75) is 18.9 Å². The Morgan fingerprint density at radius 3 is 2.81 bits per heavy atom. The van der Waals surface area contributed by atoms with E-state index in [0.29, 0.717) is 25.3 Å². The van der Waals surface area contributed by atoms with Crippen LogP contribution < -0.4 is 14.8 Å². The fraction of sp³-hybridized carbons (Fsp3) is 0.400. The molecule has 0 spiro atoms. The van der Waals surface area contributed by atoms with E-state index in [9.17, 15) is 4.79 Å². The number of nitriles is 1. The summed E-state index contributed by atoms with van der Waals surface area (Å²) in [6, 6.07) is 10.2. The summed E-state index contributed by atoms with van der Waals surface area (Å²) in [7, 11) is 3.27. The normalized spacial score (nSPS) is 16.3. The summed E-state index contributed by atoms with van der Waals surface area (Å²) in [5.74, 6) is 1.36. The van der Waals surface area contributed by atoms with Gasteiger partial charge in [0.25, 0.3) is 0 Å². The van der Waals surface area contributed by atoms with Gasteiger partial charge in [-0.25, -0.2) is 0 Å². The van der Waals surface area contributed by atoms with Crippen molar-refractivity contribution in [1.82, 2.24) is 10.2 Å². The molecule has 6 nitrogen and oxygen atoms in total. The molecule has 1 amide bonds. The van der Waals surface area contributed by atoms with Crippen LogP contribution in [0.2, 0.25) is 0 Å². The fourth-order valence-corrected chi connectivity index (χ4v) is 4.32. The van der Waals surface area contributed by atoms with Gasteiger partial charge in [-0.15, -0.1) is 11.3 Å². The zero-order valence-corrected chi connectivity index (χ0v) is 16.3. The van der Waals surface area contributed by atoms with Gasteiger partial charge in [-0.2, -0.15) is 5.26 Å². The molecule has 2 aromatic rings. The van der Waals surface area contributed by atoms with E-state index in [0.717, 1.165) is 24.3 Å². The number of amides is 1. The number of ether oxygens (including phenoxy) is 2. The standard InChI is InChI=1S/C20H23N3O3S/c1-25-16-11-14-6-9-23(13-19(24)22-8-4-7-21)20(18-5-3-10-27-18)15(14)12-17(16)26-2/h3,5,10-12,20H,4,6,8-9,13H2,1-2H3,(H,22,24)/t20-/m1/s1. The van der Waals surface area contributed by atoms with Crippen LogP contribution in [0.4, 0.5) is 0 Å². The van der Waals surface area contributed by atoms with Crippen molar-refractivity contribution in [3.8, 4) is 17.6 Å². The van der Waals surface area contributed by atoms with Gasteiger partial charge in [0.05, 0.1) is 39.3 Å². The summed E-state index contributed by atoms with van der Waals surface area (Å²) in [4.78, 5) is 15.7. The van der Waals surface area contributed by atoms with E-state index in [1.807, 2.05) is 24.3 Å². The predicted molar refractivity (Wildman–Crippen MR) is 104 cm³/mol. The van der Waals surface area contributed by atoms with E-state index in [1.54, 1.807) is 25.6 Å². The number of nitrogens with zero attached hydrogens (tertiary/aromatic N) is 2. The average Bonchev–Trinajstić information content (AvgIpc) is 3.21. The number of rotatable bonds is 7. The number of hydrogen-bond donors (Lipinski definition) is 1. The first-order chi connectivity index (χ1) is 13.2. The summed E-state index contributed by atoms with van der Waals surface area (Å²) in [6.07, 6.45) is 1.16. The number of hydrogen-bond acceptors (Lipinski definition) is 6. The fourth-order valence-electron chi connectivity index (χ4n) is 3.45. The Bertz CT molecular complexity index is 830. The first-order valence-corrected chi connectivity index (χ1v) is 9.71. The van der Waals surface area contributed by atoms with Gasteiger partial charge in [0.1, 0.15) is 0 Å². The number of carbonyl (C=O) groups is 1. The molecule has 27 heavy (non-hydrogen) atoms. The maximum Gasteiger partial charge on any atom is 0.234 e. The van der Waals surface area contributed by atoms with E-state index in [4.69, 9.17) is 14.7 Å². The molecule has 1 aliphatic rings. The highest BCUT2D eigenvalue weighted by atomic mass is 32.1. The molecule has 1 aliphatic heterocycles. The molecule has 1 N–H and O–H groups in total. The van der Waals surface area contributed by atoms with Crippen LogP contribution in [0.15, 0.2) is 29.6 Å². The highest BCUT2D eigenvalue weighted by molar-refractivity contribution is 7.10. The highest BCUT2D eigenvalue weighted by Gasteiger charge is 2.32. The Morgan fingerprint density at radius 2 is 2.15 bits per heavy atom. The van der Waals surface area contributed by atoms with Crippen molar-refractivity contribution in [3.05, 3.63) is 45.6 Å². The minimum atomic E-state index is -0.0595. The van der Waals surface area contributed by atoms with Crippen molar-refractivity contribution >= 4 is 17.2 Å². The van der Waals surface area contributed by atoms with Crippen LogP contribution in [0.5, 0.6) is 11.5 Å². The van der Waals surface area contributed by atoms with Crippen molar-refractivity contribution in [3.63, 3.8) is 0 Å². The summed E-state index contributed by atoms with van der Waals surface area (Å²) < 4.78 is 10.9. The quantitative estimate of drug-likeness (QED) is 0.742. The van der Waals surface area contributed by atoms with Gasteiger partial charge < -0.3 is 14.8 Å². The molecule has 2 heterocycles. The number of thiophene rings is 1. The van der Waals surface area contributed by atoms with Gasteiger partial charge >= 0.3 is 0 Å². The number of benzene rings is 1. The molecule has 1 atom stereocenters. The van der Waals surface area contributed by atoms with Crippen LogP contribution in [-0.4, -0.2) is 44.7 Å². The Kier molecular flexibility index (Phi) is 6.32. The molecular weight excluding hydrogens is 362 g/mol. The molecule has 0 saturated heterocycles. The first-order valence-electron chi connectivity index (χ1n) is 8.83. The van der Waals surface area contributed by atoms with Crippen molar-refractivity contribution in [2.75, 3.05) is 33.9 Å².